The van der Waals surface area contributed by atoms with Gasteiger partial charge in [-0.2, -0.15) is 0 Å². The number of hydrogen-bond acceptors (Lipinski definition) is 4. The highest BCUT2D eigenvalue weighted by molar-refractivity contribution is 7.91. The Morgan fingerprint density at radius 1 is 1.37 bits per heavy atom. The van der Waals surface area contributed by atoms with Crippen molar-refractivity contribution in [3.05, 3.63) is 29.3 Å². The smallest absolute Gasteiger partial charge is 0.153 e. The molecule has 19 heavy (non-hydrogen) atoms. The Morgan fingerprint density at radius 2 is 2.16 bits per heavy atom. The lowest BCUT2D eigenvalue weighted by molar-refractivity contribution is 0.337. The molecule has 1 aromatic carbocycles. The summed E-state index contributed by atoms with van der Waals surface area (Å²) < 4.78 is 28.9. The van der Waals surface area contributed by atoms with Gasteiger partial charge in [-0.15, -0.1) is 0 Å². The molecule has 0 spiro atoms. The first kappa shape index (κ1) is 14.3. The van der Waals surface area contributed by atoms with Crippen LogP contribution in [0.1, 0.15) is 36.9 Å². The summed E-state index contributed by atoms with van der Waals surface area (Å²) >= 11 is 0. The van der Waals surface area contributed by atoms with Gasteiger partial charge in [0, 0.05) is 6.04 Å². The summed E-state index contributed by atoms with van der Waals surface area (Å²) in [5.74, 6) is 1.10. The number of ether oxygens (including phenoxy) is 1. The molecule has 0 radical (unpaired) electrons. The summed E-state index contributed by atoms with van der Waals surface area (Å²) in [6.45, 7) is 2.08. The quantitative estimate of drug-likeness (QED) is 0.865. The van der Waals surface area contributed by atoms with Gasteiger partial charge < -0.3 is 10.5 Å². The Bertz CT molecular complexity index is 540. The molecule has 106 valence electrons. The maximum atomic E-state index is 11.6. The lowest BCUT2D eigenvalue weighted by Crippen LogP contribution is -2.17. The molecule has 0 amide bonds. The van der Waals surface area contributed by atoms with Gasteiger partial charge >= 0.3 is 0 Å². The van der Waals surface area contributed by atoms with Crippen LogP contribution in [0.5, 0.6) is 5.75 Å². The Balaban J connectivity index is 1.98. The molecule has 1 aromatic rings. The van der Waals surface area contributed by atoms with E-state index in [1.807, 2.05) is 25.1 Å². The van der Waals surface area contributed by atoms with Gasteiger partial charge in [-0.05, 0) is 36.5 Å². The first-order chi connectivity index (χ1) is 9.03. The molecule has 5 heteroatoms. The SMILES string of the molecule is CCCS(=O)(=O)CCOc1cccc2c1CCC2N. The second-order valence-corrected chi connectivity index (χ2v) is 7.27. The number of benzene rings is 1. The predicted octanol–water partition coefficient (Wildman–Crippen LogP) is 1.84. The number of rotatable bonds is 6. The van der Waals surface area contributed by atoms with Crippen LogP contribution in [0, 0.1) is 0 Å². The van der Waals surface area contributed by atoms with Gasteiger partial charge in [0.05, 0.1) is 11.5 Å². The van der Waals surface area contributed by atoms with Crippen molar-refractivity contribution in [3.63, 3.8) is 0 Å². The van der Waals surface area contributed by atoms with Crippen LogP contribution >= 0.6 is 0 Å². The van der Waals surface area contributed by atoms with E-state index in [0.29, 0.717) is 6.42 Å². The number of hydrogen-bond donors (Lipinski definition) is 1. The fourth-order valence-corrected chi connectivity index (χ4v) is 3.64. The Kier molecular flexibility index (Phi) is 4.47. The lowest BCUT2D eigenvalue weighted by atomic mass is 10.1. The normalized spacial score (nSPS) is 18.3. The van der Waals surface area contributed by atoms with Crippen molar-refractivity contribution < 1.29 is 13.2 Å². The van der Waals surface area contributed by atoms with Crippen LogP contribution in [0.2, 0.25) is 0 Å². The molecule has 4 nitrogen and oxygen atoms in total. The Labute approximate surface area is 114 Å². The molecule has 2 N–H and O–H groups in total. The summed E-state index contributed by atoms with van der Waals surface area (Å²) in [5.41, 5.74) is 8.28. The van der Waals surface area contributed by atoms with E-state index < -0.39 is 9.84 Å². The maximum absolute atomic E-state index is 11.6. The van der Waals surface area contributed by atoms with Crippen LogP contribution in [-0.4, -0.2) is 26.5 Å². The van der Waals surface area contributed by atoms with E-state index in [9.17, 15) is 8.42 Å². The zero-order valence-electron chi connectivity index (χ0n) is 11.3. The van der Waals surface area contributed by atoms with Crippen LogP contribution in [-0.2, 0) is 16.3 Å². The van der Waals surface area contributed by atoms with Crippen molar-refractivity contribution in [2.75, 3.05) is 18.1 Å². The van der Waals surface area contributed by atoms with E-state index >= 15 is 0 Å². The van der Waals surface area contributed by atoms with Gasteiger partial charge in [-0.1, -0.05) is 19.1 Å². The van der Waals surface area contributed by atoms with Gasteiger partial charge in [-0.3, -0.25) is 0 Å². The van der Waals surface area contributed by atoms with Crippen molar-refractivity contribution in [1.82, 2.24) is 0 Å². The van der Waals surface area contributed by atoms with E-state index in [0.717, 1.165) is 29.7 Å². The summed E-state index contributed by atoms with van der Waals surface area (Å²) in [4.78, 5) is 0. The molecule has 0 fully saturated rings. The minimum Gasteiger partial charge on any atom is -0.492 e. The molecule has 0 aromatic heterocycles. The topological polar surface area (TPSA) is 69.4 Å². The third kappa shape index (κ3) is 3.48. The molecular formula is C14H21NO3S. The summed E-state index contributed by atoms with van der Waals surface area (Å²) in [7, 11) is -2.98. The van der Waals surface area contributed by atoms with E-state index in [4.69, 9.17) is 10.5 Å². The largest absolute Gasteiger partial charge is 0.492 e. The van der Waals surface area contributed by atoms with Gasteiger partial charge in [-0.25, -0.2) is 8.42 Å². The molecule has 0 aliphatic heterocycles. The van der Waals surface area contributed by atoms with Crippen LogP contribution in [0.3, 0.4) is 0 Å². The Hall–Kier alpha value is -1.07. The second kappa shape index (κ2) is 5.92. The average Bonchev–Trinajstić information content (AvgIpc) is 2.72. The van der Waals surface area contributed by atoms with Gasteiger partial charge in [0.25, 0.3) is 0 Å². The summed E-state index contributed by atoms with van der Waals surface area (Å²) in [5, 5.41) is 0. The summed E-state index contributed by atoms with van der Waals surface area (Å²) in [6, 6.07) is 5.92. The minimum atomic E-state index is -2.98. The van der Waals surface area contributed by atoms with Gasteiger partial charge in [0.1, 0.15) is 12.4 Å². The number of fused-ring (bicyclic) bond motifs is 1. The lowest BCUT2D eigenvalue weighted by Gasteiger charge is -2.11. The zero-order chi connectivity index (χ0) is 13.9. The predicted molar refractivity (Wildman–Crippen MR) is 76.1 cm³/mol. The highest BCUT2D eigenvalue weighted by Crippen LogP contribution is 2.35. The van der Waals surface area contributed by atoms with Crippen molar-refractivity contribution in [1.29, 1.82) is 0 Å². The molecular weight excluding hydrogens is 262 g/mol. The number of nitrogens with two attached hydrogens (primary N) is 1. The first-order valence-corrected chi connectivity index (χ1v) is 8.56. The van der Waals surface area contributed by atoms with E-state index in [-0.39, 0.29) is 24.2 Å². The summed E-state index contributed by atoms with van der Waals surface area (Å²) in [6.07, 6.45) is 2.50. The zero-order valence-corrected chi connectivity index (χ0v) is 12.1. The fourth-order valence-electron chi connectivity index (χ4n) is 2.48. The van der Waals surface area contributed by atoms with Gasteiger partial charge in [0.2, 0.25) is 0 Å². The minimum absolute atomic E-state index is 0.0799. The van der Waals surface area contributed by atoms with Crippen molar-refractivity contribution >= 4 is 9.84 Å². The van der Waals surface area contributed by atoms with Crippen molar-refractivity contribution in [2.24, 2.45) is 5.73 Å². The molecule has 1 aliphatic rings. The van der Waals surface area contributed by atoms with Crippen molar-refractivity contribution in [2.45, 2.75) is 32.2 Å². The molecule has 0 saturated heterocycles. The van der Waals surface area contributed by atoms with E-state index in [1.165, 1.54) is 0 Å². The Morgan fingerprint density at radius 3 is 2.89 bits per heavy atom. The molecule has 0 saturated carbocycles. The van der Waals surface area contributed by atoms with Crippen LogP contribution in [0.4, 0.5) is 0 Å². The molecule has 0 bridgehead atoms. The van der Waals surface area contributed by atoms with Crippen molar-refractivity contribution in [3.8, 4) is 5.75 Å². The van der Waals surface area contributed by atoms with Crippen LogP contribution in [0.15, 0.2) is 18.2 Å². The maximum Gasteiger partial charge on any atom is 0.153 e. The van der Waals surface area contributed by atoms with Crippen LogP contribution < -0.4 is 10.5 Å². The molecule has 1 aliphatic carbocycles. The third-order valence-corrected chi connectivity index (χ3v) is 5.26. The van der Waals surface area contributed by atoms with Gasteiger partial charge in [0.15, 0.2) is 9.84 Å². The molecule has 2 rings (SSSR count). The highest BCUT2D eigenvalue weighted by Gasteiger charge is 2.22. The number of sulfone groups is 1. The molecule has 1 atom stereocenters. The average molecular weight is 283 g/mol. The molecule has 1 unspecified atom stereocenters. The van der Waals surface area contributed by atoms with Crippen LogP contribution in [0.25, 0.3) is 0 Å². The monoisotopic (exact) mass is 283 g/mol. The molecule has 0 heterocycles. The fraction of sp³-hybridized carbons (Fsp3) is 0.571. The standard InChI is InChI=1S/C14H21NO3S/c1-2-9-19(16,17)10-8-18-14-5-3-4-11-12(14)6-7-13(11)15/h3-5,13H,2,6-10,15H2,1H3. The highest BCUT2D eigenvalue weighted by atomic mass is 32.2. The third-order valence-electron chi connectivity index (χ3n) is 3.44. The van der Waals surface area contributed by atoms with E-state index in [2.05, 4.69) is 0 Å². The second-order valence-electron chi connectivity index (χ2n) is 4.97. The first-order valence-electron chi connectivity index (χ1n) is 6.74. The van der Waals surface area contributed by atoms with E-state index in [1.54, 1.807) is 0 Å².